The van der Waals surface area contributed by atoms with E-state index >= 15 is 0 Å². The van der Waals surface area contributed by atoms with Crippen LogP contribution in [0.25, 0.3) is 0 Å². The average Bonchev–Trinajstić information content (AvgIpc) is 2.69. The summed E-state index contributed by atoms with van der Waals surface area (Å²) < 4.78 is 16.7. The number of rotatable bonds is 6. The molecular weight excluding hydrogens is 387 g/mol. The predicted molar refractivity (Wildman–Crippen MR) is 114 cm³/mol. The maximum absolute atomic E-state index is 5.61. The van der Waals surface area contributed by atoms with Crippen molar-refractivity contribution in [3.63, 3.8) is 0 Å². The van der Waals surface area contributed by atoms with Crippen LogP contribution in [0.4, 0.5) is 0 Å². The molecule has 0 spiro atoms. The van der Waals surface area contributed by atoms with Crippen LogP contribution in [0, 0.1) is 5.92 Å². The van der Waals surface area contributed by atoms with Crippen LogP contribution in [0.2, 0.25) is 0 Å². The first kappa shape index (κ1) is 24.2. The summed E-state index contributed by atoms with van der Waals surface area (Å²) in [5, 5.41) is 3.48. The Balaban J connectivity index is 0.00000182. The Morgan fingerprint density at radius 1 is 0.889 bits per heavy atom. The van der Waals surface area contributed by atoms with Crippen molar-refractivity contribution in [3.8, 4) is 17.2 Å². The molecule has 27 heavy (non-hydrogen) atoms. The lowest BCUT2D eigenvalue weighted by Crippen LogP contribution is -2.47. The molecule has 1 N–H and O–H groups in total. The lowest BCUT2D eigenvalue weighted by molar-refractivity contribution is 0.103. The van der Waals surface area contributed by atoms with Gasteiger partial charge in [0.2, 0.25) is 5.75 Å². The maximum Gasteiger partial charge on any atom is 0.203 e. The normalized spacial score (nSPS) is 19.4. The summed E-state index contributed by atoms with van der Waals surface area (Å²) in [5.74, 6) is 2.90. The van der Waals surface area contributed by atoms with Crippen LogP contribution in [-0.4, -0.2) is 52.4 Å². The first-order chi connectivity index (χ1) is 12.3. The van der Waals surface area contributed by atoms with Gasteiger partial charge in [0.15, 0.2) is 11.5 Å². The molecule has 0 bridgehead atoms. The number of piperazine rings is 1. The second-order valence-electron chi connectivity index (χ2n) is 7.09. The van der Waals surface area contributed by atoms with Gasteiger partial charge in [0.25, 0.3) is 0 Å². The summed E-state index contributed by atoms with van der Waals surface area (Å²) in [7, 11) is 5.05. The average molecular weight is 421 g/mol. The fraction of sp³-hybridized carbons (Fsp3) is 0.700. The van der Waals surface area contributed by atoms with E-state index in [-0.39, 0.29) is 24.8 Å². The van der Waals surface area contributed by atoms with Gasteiger partial charge >= 0.3 is 0 Å². The SMILES string of the molecule is COc1cc([C@@H](C2CCCCC2)N2CCNCC2)cc(OC)c1OC.Cl.Cl. The minimum atomic E-state index is 0. The van der Waals surface area contributed by atoms with Gasteiger partial charge in [-0.2, -0.15) is 0 Å². The standard InChI is InChI=1S/C20H32N2O3.2ClH/c1-23-17-13-16(14-18(24-2)20(17)25-3)19(15-7-5-4-6-8-15)22-11-9-21-10-12-22;;/h13-15,19,21H,4-12H2,1-3H3;2*1H/t19-;;/m1../s1. The van der Waals surface area contributed by atoms with Gasteiger partial charge in [-0.25, -0.2) is 0 Å². The number of halogens is 2. The Hall–Kier alpha value is -0.880. The second-order valence-corrected chi connectivity index (χ2v) is 7.09. The molecule has 7 heteroatoms. The molecule has 3 rings (SSSR count). The van der Waals surface area contributed by atoms with Crippen molar-refractivity contribution in [2.24, 2.45) is 5.92 Å². The van der Waals surface area contributed by atoms with E-state index in [2.05, 4.69) is 22.3 Å². The number of ether oxygens (including phenoxy) is 3. The minimum absolute atomic E-state index is 0. The predicted octanol–water partition coefficient (Wildman–Crippen LogP) is 4.08. The Morgan fingerprint density at radius 3 is 1.93 bits per heavy atom. The van der Waals surface area contributed by atoms with Crippen molar-refractivity contribution < 1.29 is 14.2 Å². The van der Waals surface area contributed by atoms with Crippen molar-refractivity contribution in [1.29, 1.82) is 0 Å². The van der Waals surface area contributed by atoms with E-state index in [4.69, 9.17) is 14.2 Å². The number of hydrogen-bond acceptors (Lipinski definition) is 5. The Bertz CT molecular complexity index is 519. The van der Waals surface area contributed by atoms with Crippen molar-refractivity contribution >= 4 is 24.8 Å². The van der Waals surface area contributed by atoms with Gasteiger partial charge in [0.1, 0.15) is 0 Å². The number of benzene rings is 1. The van der Waals surface area contributed by atoms with E-state index in [1.165, 1.54) is 37.7 Å². The Morgan fingerprint density at radius 2 is 1.44 bits per heavy atom. The van der Waals surface area contributed by atoms with Crippen molar-refractivity contribution in [3.05, 3.63) is 17.7 Å². The Kier molecular flexibility index (Phi) is 10.6. The molecule has 0 unspecified atom stereocenters. The molecule has 1 saturated heterocycles. The van der Waals surface area contributed by atoms with E-state index in [1.54, 1.807) is 21.3 Å². The summed E-state index contributed by atoms with van der Waals surface area (Å²) in [4.78, 5) is 2.65. The first-order valence-corrected chi connectivity index (χ1v) is 9.53. The molecule has 1 atom stereocenters. The Labute approximate surface area is 175 Å². The highest BCUT2D eigenvalue weighted by atomic mass is 35.5. The molecule has 5 nitrogen and oxygen atoms in total. The highest BCUT2D eigenvalue weighted by Crippen LogP contribution is 2.45. The summed E-state index contributed by atoms with van der Waals surface area (Å²) in [6.07, 6.45) is 6.69. The number of hydrogen-bond donors (Lipinski definition) is 1. The van der Waals surface area contributed by atoms with Crippen LogP contribution < -0.4 is 19.5 Å². The first-order valence-electron chi connectivity index (χ1n) is 9.53. The van der Waals surface area contributed by atoms with Crippen LogP contribution in [0.15, 0.2) is 12.1 Å². The number of methoxy groups -OCH3 is 3. The molecule has 0 radical (unpaired) electrons. The number of nitrogens with one attached hydrogen (secondary N) is 1. The molecular formula is C20H34Cl2N2O3. The molecule has 2 fully saturated rings. The highest BCUT2D eigenvalue weighted by Gasteiger charge is 2.32. The molecule has 1 aliphatic heterocycles. The zero-order valence-electron chi connectivity index (χ0n) is 16.7. The molecule has 0 aromatic heterocycles. The molecule has 1 aromatic rings. The van der Waals surface area contributed by atoms with Crippen LogP contribution >= 0.6 is 24.8 Å². The topological polar surface area (TPSA) is 43.0 Å². The van der Waals surface area contributed by atoms with Crippen molar-refractivity contribution in [2.45, 2.75) is 38.1 Å². The lowest BCUT2D eigenvalue weighted by Gasteiger charge is -2.41. The molecule has 1 aliphatic carbocycles. The monoisotopic (exact) mass is 420 g/mol. The van der Waals surface area contributed by atoms with E-state index in [9.17, 15) is 0 Å². The fourth-order valence-electron chi connectivity index (χ4n) is 4.46. The van der Waals surface area contributed by atoms with Gasteiger partial charge < -0.3 is 19.5 Å². The van der Waals surface area contributed by atoms with Gasteiger partial charge in [0, 0.05) is 32.2 Å². The van der Waals surface area contributed by atoms with E-state index in [0.717, 1.165) is 37.7 Å². The van der Waals surface area contributed by atoms with Gasteiger partial charge in [-0.15, -0.1) is 24.8 Å². The van der Waals surface area contributed by atoms with Gasteiger partial charge in [-0.1, -0.05) is 19.3 Å². The molecule has 0 amide bonds. The van der Waals surface area contributed by atoms with E-state index in [0.29, 0.717) is 17.7 Å². The van der Waals surface area contributed by atoms with Crippen molar-refractivity contribution in [1.82, 2.24) is 10.2 Å². The van der Waals surface area contributed by atoms with Crippen molar-refractivity contribution in [2.75, 3.05) is 47.5 Å². The van der Waals surface area contributed by atoms with Crippen LogP contribution in [0.5, 0.6) is 17.2 Å². The van der Waals surface area contributed by atoms with E-state index < -0.39 is 0 Å². The largest absolute Gasteiger partial charge is 0.493 e. The summed E-state index contributed by atoms with van der Waals surface area (Å²) in [6.45, 7) is 4.32. The molecule has 1 aromatic carbocycles. The number of nitrogens with zero attached hydrogens (tertiary/aromatic N) is 1. The van der Waals surface area contributed by atoms with Crippen LogP contribution in [0.3, 0.4) is 0 Å². The third-order valence-electron chi connectivity index (χ3n) is 5.67. The van der Waals surface area contributed by atoms with Crippen LogP contribution in [-0.2, 0) is 0 Å². The fourth-order valence-corrected chi connectivity index (χ4v) is 4.46. The van der Waals surface area contributed by atoms with Crippen LogP contribution in [0.1, 0.15) is 43.7 Å². The second kappa shape index (κ2) is 11.8. The van der Waals surface area contributed by atoms with E-state index in [1.807, 2.05) is 0 Å². The third kappa shape index (κ3) is 5.57. The molecule has 2 aliphatic rings. The van der Waals surface area contributed by atoms with Gasteiger partial charge in [-0.3, -0.25) is 4.90 Å². The summed E-state index contributed by atoms with van der Waals surface area (Å²) in [6, 6.07) is 4.74. The lowest BCUT2D eigenvalue weighted by atomic mass is 9.80. The quantitative estimate of drug-likeness (QED) is 0.750. The highest BCUT2D eigenvalue weighted by molar-refractivity contribution is 5.85. The molecule has 1 saturated carbocycles. The maximum atomic E-state index is 5.61. The molecule has 1 heterocycles. The third-order valence-corrected chi connectivity index (χ3v) is 5.67. The molecule has 156 valence electrons. The smallest absolute Gasteiger partial charge is 0.203 e. The minimum Gasteiger partial charge on any atom is -0.493 e. The summed E-state index contributed by atoms with van der Waals surface area (Å²) in [5.41, 5.74) is 1.29. The zero-order chi connectivity index (χ0) is 17.6. The summed E-state index contributed by atoms with van der Waals surface area (Å²) >= 11 is 0. The zero-order valence-corrected chi connectivity index (χ0v) is 18.3. The van der Waals surface area contributed by atoms with Gasteiger partial charge in [-0.05, 0) is 36.5 Å². The van der Waals surface area contributed by atoms with Gasteiger partial charge in [0.05, 0.1) is 21.3 Å².